The zero-order valence-corrected chi connectivity index (χ0v) is 19.8. The van der Waals surface area contributed by atoms with E-state index in [9.17, 15) is 19.5 Å². The Morgan fingerprint density at radius 2 is 1.79 bits per heavy atom. The molecule has 0 aliphatic carbocycles. The van der Waals surface area contributed by atoms with Gasteiger partial charge in [0.05, 0.1) is 17.4 Å². The number of halogens is 1. The molecule has 1 aliphatic heterocycles. The second kappa shape index (κ2) is 9.30. The minimum absolute atomic E-state index is 0.148. The Balaban J connectivity index is 1.80. The molecule has 8 nitrogen and oxygen atoms in total. The first-order valence-electron chi connectivity index (χ1n) is 11.0. The van der Waals surface area contributed by atoms with E-state index in [0.29, 0.717) is 16.6 Å². The number of aromatic hydroxyl groups is 1. The van der Waals surface area contributed by atoms with Crippen LogP contribution in [0.5, 0.6) is 5.88 Å². The lowest BCUT2D eigenvalue weighted by atomic mass is 9.95. The van der Waals surface area contributed by atoms with E-state index in [4.69, 9.17) is 11.6 Å². The van der Waals surface area contributed by atoms with Crippen LogP contribution < -0.4 is 11.2 Å². The summed E-state index contributed by atoms with van der Waals surface area (Å²) in [6, 6.07) is 13.7. The maximum absolute atomic E-state index is 12.8. The summed E-state index contributed by atoms with van der Waals surface area (Å²) in [6.45, 7) is 5.94. The zero-order valence-electron chi connectivity index (χ0n) is 19.1. The van der Waals surface area contributed by atoms with Gasteiger partial charge in [0.25, 0.3) is 5.56 Å². The van der Waals surface area contributed by atoms with Gasteiger partial charge in [-0.2, -0.15) is 5.10 Å². The van der Waals surface area contributed by atoms with Gasteiger partial charge < -0.3 is 5.11 Å². The van der Waals surface area contributed by atoms with E-state index in [-0.39, 0.29) is 30.0 Å². The number of amides is 1. The van der Waals surface area contributed by atoms with E-state index >= 15 is 0 Å². The molecule has 0 spiro atoms. The van der Waals surface area contributed by atoms with E-state index in [1.165, 1.54) is 10.6 Å². The number of benzene rings is 2. The number of nitrogens with one attached hydrogen (secondary N) is 1. The molecule has 176 valence electrons. The van der Waals surface area contributed by atoms with Crippen LogP contribution in [0.15, 0.2) is 63.2 Å². The summed E-state index contributed by atoms with van der Waals surface area (Å²) in [5.74, 6) is -0.397. The fourth-order valence-electron chi connectivity index (χ4n) is 4.03. The van der Waals surface area contributed by atoms with Crippen LogP contribution in [0.1, 0.15) is 62.3 Å². The second-order valence-corrected chi connectivity index (χ2v) is 8.89. The smallest absolute Gasteiger partial charge is 0.335 e. The summed E-state index contributed by atoms with van der Waals surface area (Å²) in [7, 11) is 0. The number of aromatic nitrogens is 2. The van der Waals surface area contributed by atoms with E-state index in [0.717, 1.165) is 10.1 Å². The highest BCUT2D eigenvalue weighted by atomic mass is 35.5. The van der Waals surface area contributed by atoms with Gasteiger partial charge in [-0.05, 0) is 41.3 Å². The van der Waals surface area contributed by atoms with Gasteiger partial charge in [-0.1, -0.05) is 56.6 Å². The van der Waals surface area contributed by atoms with Crippen LogP contribution in [0.4, 0.5) is 0 Å². The first-order valence-corrected chi connectivity index (χ1v) is 11.4. The molecule has 0 fully saturated rings. The molecule has 9 heteroatoms. The Hall–Kier alpha value is -3.65. The molecule has 1 unspecified atom stereocenters. The summed E-state index contributed by atoms with van der Waals surface area (Å²) < 4.78 is 0.978. The van der Waals surface area contributed by atoms with Crippen molar-refractivity contribution in [2.45, 2.75) is 45.6 Å². The average Bonchev–Trinajstić information content (AvgIpc) is 3.24. The van der Waals surface area contributed by atoms with Gasteiger partial charge in [0.15, 0.2) is 0 Å². The van der Waals surface area contributed by atoms with Crippen molar-refractivity contribution in [2.75, 3.05) is 0 Å². The van der Waals surface area contributed by atoms with Crippen molar-refractivity contribution in [2.24, 2.45) is 5.10 Å². The number of hydrogen-bond donors (Lipinski definition) is 2. The van der Waals surface area contributed by atoms with Crippen LogP contribution in [0.2, 0.25) is 5.02 Å². The number of nitrogens with zero attached hydrogens (tertiary/aromatic N) is 3. The SMILES string of the molecule is CCC(=O)N1N=C(c2c(O)n(-c3ccc(Cl)cc3)c(=O)[nH]c2=O)CC1c1ccc(C(C)C)cc1. The fraction of sp³-hybridized carbons (Fsp3) is 0.280. The van der Waals surface area contributed by atoms with Crippen molar-refractivity contribution >= 4 is 23.2 Å². The molecular formula is C25H25ClN4O4. The van der Waals surface area contributed by atoms with Crippen LogP contribution in [-0.4, -0.2) is 31.3 Å². The number of H-pyrrole nitrogens is 1. The van der Waals surface area contributed by atoms with Gasteiger partial charge in [0.1, 0.15) is 5.56 Å². The molecule has 1 aromatic heterocycles. The van der Waals surface area contributed by atoms with Crippen LogP contribution in [0, 0.1) is 0 Å². The predicted octanol–water partition coefficient (Wildman–Crippen LogP) is 4.10. The van der Waals surface area contributed by atoms with Gasteiger partial charge >= 0.3 is 5.69 Å². The molecule has 34 heavy (non-hydrogen) atoms. The Morgan fingerprint density at radius 3 is 2.38 bits per heavy atom. The molecule has 2 N–H and O–H groups in total. The first kappa shape index (κ1) is 23.5. The number of carbonyl (C=O) groups excluding carboxylic acids is 1. The maximum Gasteiger partial charge on any atom is 0.335 e. The molecule has 1 atom stereocenters. The molecule has 1 aliphatic rings. The normalized spacial score (nSPS) is 15.6. The molecular weight excluding hydrogens is 456 g/mol. The molecule has 4 rings (SSSR count). The number of aromatic amines is 1. The van der Waals surface area contributed by atoms with Crippen molar-refractivity contribution in [3.8, 4) is 11.6 Å². The quantitative estimate of drug-likeness (QED) is 0.573. The van der Waals surface area contributed by atoms with E-state index in [1.54, 1.807) is 31.2 Å². The lowest BCUT2D eigenvalue weighted by Crippen LogP contribution is -2.33. The second-order valence-electron chi connectivity index (χ2n) is 8.45. The van der Waals surface area contributed by atoms with Gasteiger partial charge in [-0.3, -0.25) is 14.6 Å². The van der Waals surface area contributed by atoms with Crippen molar-refractivity contribution < 1.29 is 9.90 Å². The third-order valence-electron chi connectivity index (χ3n) is 5.92. The zero-order chi connectivity index (χ0) is 24.6. The largest absolute Gasteiger partial charge is 0.493 e. The fourth-order valence-corrected chi connectivity index (χ4v) is 4.16. The summed E-state index contributed by atoms with van der Waals surface area (Å²) >= 11 is 5.94. The maximum atomic E-state index is 12.8. The third-order valence-corrected chi connectivity index (χ3v) is 6.17. The summed E-state index contributed by atoms with van der Waals surface area (Å²) in [6.07, 6.45) is 0.437. The van der Waals surface area contributed by atoms with Crippen molar-refractivity contribution in [1.29, 1.82) is 0 Å². The highest BCUT2D eigenvalue weighted by molar-refractivity contribution is 6.30. The standard InChI is InChI=1S/C25H25ClN4O4/c1-4-21(31)30-20(16-7-5-15(6-8-16)14(2)3)13-19(28-30)22-23(32)27-25(34)29(24(22)33)18-11-9-17(26)10-12-18/h5-12,14,20,33H,4,13H2,1-3H3,(H,27,32,34). The highest BCUT2D eigenvalue weighted by Crippen LogP contribution is 2.35. The van der Waals surface area contributed by atoms with Crippen LogP contribution >= 0.6 is 11.6 Å². The first-order chi connectivity index (χ1) is 16.2. The van der Waals surface area contributed by atoms with Gasteiger partial charge in [-0.25, -0.2) is 14.4 Å². The minimum Gasteiger partial charge on any atom is -0.493 e. The van der Waals surface area contributed by atoms with Gasteiger partial charge in [-0.15, -0.1) is 0 Å². The lowest BCUT2D eigenvalue weighted by Gasteiger charge is -2.22. The Labute approximate surface area is 201 Å². The Morgan fingerprint density at radius 1 is 1.15 bits per heavy atom. The minimum atomic E-state index is -0.797. The van der Waals surface area contributed by atoms with Crippen LogP contribution in [0.25, 0.3) is 5.69 Å². The monoisotopic (exact) mass is 480 g/mol. The molecule has 2 heterocycles. The molecule has 0 radical (unpaired) electrons. The number of carbonyl (C=O) groups is 1. The van der Waals surface area contributed by atoms with E-state index < -0.39 is 23.2 Å². The highest BCUT2D eigenvalue weighted by Gasteiger charge is 2.35. The topological polar surface area (TPSA) is 108 Å². The molecule has 3 aromatic rings. The van der Waals surface area contributed by atoms with Crippen molar-refractivity contribution in [1.82, 2.24) is 14.6 Å². The molecule has 0 bridgehead atoms. The third kappa shape index (κ3) is 4.28. The molecule has 0 saturated carbocycles. The van der Waals surface area contributed by atoms with Crippen molar-refractivity contribution in [3.63, 3.8) is 0 Å². The summed E-state index contributed by atoms with van der Waals surface area (Å²) in [4.78, 5) is 40.2. The molecule has 1 amide bonds. The summed E-state index contributed by atoms with van der Waals surface area (Å²) in [5.41, 5.74) is 0.865. The molecule has 0 saturated heterocycles. The number of hydrazone groups is 1. The van der Waals surface area contributed by atoms with Gasteiger partial charge in [0, 0.05) is 17.9 Å². The van der Waals surface area contributed by atoms with Crippen LogP contribution in [0.3, 0.4) is 0 Å². The van der Waals surface area contributed by atoms with E-state index in [1.807, 2.05) is 24.3 Å². The van der Waals surface area contributed by atoms with Gasteiger partial charge in [0.2, 0.25) is 11.8 Å². The summed E-state index contributed by atoms with van der Waals surface area (Å²) in [5, 5.41) is 17.2. The Kier molecular flexibility index (Phi) is 6.43. The van der Waals surface area contributed by atoms with Crippen molar-refractivity contribution in [3.05, 3.63) is 91.1 Å². The van der Waals surface area contributed by atoms with Crippen LogP contribution in [-0.2, 0) is 4.79 Å². The average molecular weight is 481 g/mol. The lowest BCUT2D eigenvalue weighted by molar-refractivity contribution is -0.132. The molecule has 2 aromatic carbocycles. The van der Waals surface area contributed by atoms with E-state index in [2.05, 4.69) is 23.9 Å². The number of hydrogen-bond acceptors (Lipinski definition) is 5. The number of rotatable bonds is 5. The Bertz CT molecular complexity index is 1370. The predicted molar refractivity (Wildman–Crippen MR) is 131 cm³/mol.